The van der Waals surface area contributed by atoms with E-state index in [0.717, 1.165) is 35.2 Å². The number of carbonyl (C=O) groups is 1. The molecule has 1 amide bonds. The summed E-state index contributed by atoms with van der Waals surface area (Å²) < 4.78 is 1.52. The van der Waals surface area contributed by atoms with Gasteiger partial charge in [0.05, 0.1) is 24.2 Å². The summed E-state index contributed by atoms with van der Waals surface area (Å²) in [7, 11) is 0. The molecule has 2 saturated heterocycles. The number of carbonyl (C=O) groups excluding carboxylic acids is 1. The van der Waals surface area contributed by atoms with Crippen molar-refractivity contribution in [2.75, 3.05) is 12.3 Å². The van der Waals surface area contributed by atoms with E-state index in [-0.39, 0.29) is 29.7 Å². The first-order chi connectivity index (χ1) is 17.6. The predicted octanol–water partition coefficient (Wildman–Crippen LogP) is 3.82. The molecular formula is C27H25N7O2. The summed E-state index contributed by atoms with van der Waals surface area (Å²) in [5.41, 5.74) is 11.6. The van der Waals surface area contributed by atoms with Crippen LogP contribution in [0.25, 0.3) is 32.9 Å². The van der Waals surface area contributed by atoms with Gasteiger partial charge in [-0.15, -0.1) is 0 Å². The summed E-state index contributed by atoms with van der Waals surface area (Å²) in [5, 5.41) is 13.8. The minimum atomic E-state index is -0.474. The van der Waals surface area contributed by atoms with Crippen LogP contribution >= 0.6 is 0 Å². The number of hydrogen-bond acceptors (Lipinski definition) is 6. The number of rotatable bonds is 4. The fourth-order valence-corrected chi connectivity index (χ4v) is 5.85. The summed E-state index contributed by atoms with van der Waals surface area (Å²) in [6.45, 7) is 7.33. The van der Waals surface area contributed by atoms with Crippen molar-refractivity contribution in [1.29, 1.82) is 0 Å². The Bertz CT molecular complexity index is 1480. The third kappa shape index (κ3) is 3.49. The van der Waals surface area contributed by atoms with Gasteiger partial charge in [-0.3, -0.25) is 9.78 Å². The third-order valence-corrected chi connectivity index (χ3v) is 7.48. The lowest BCUT2D eigenvalue weighted by atomic mass is 9.87. The number of fused-ring (bicyclic) bond motifs is 3. The van der Waals surface area contributed by atoms with Crippen LogP contribution in [0, 0.1) is 6.57 Å². The summed E-state index contributed by atoms with van der Waals surface area (Å²) in [5.74, 6) is 0.0492. The van der Waals surface area contributed by atoms with Crippen molar-refractivity contribution < 1.29 is 9.90 Å². The zero-order valence-corrected chi connectivity index (χ0v) is 19.6. The van der Waals surface area contributed by atoms with Crippen molar-refractivity contribution in [3.8, 4) is 22.4 Å². The van der Waals surface area contributed by atoms with Crippen molar-refractivity contribution in [2.24, 2.45) is 0 Å². The molecule has 5 heterocycles. The molecule has 0 radical (unpaired) electrons. The minimum Gasteiger partial charge on any atom is -0.392 e. The maximum atomic E-state index is 12.3. The molecule has 2 bridgehead atoms. The Morgan fingerprint density at radius 3 is 2.47 bits per heavy atom. The van der Waals surface area contributed by atoms with E-state index in [4.69, 9.17) is 17.3 Å². The molecular weight excluding hydrogens is 454 g/mol. The van der Waals surface area contributed by atoms with Crippen molar-refractivity contribution in [3.05, 3.63) is 72.0 Å². The van der Waals surface area contributed by atoms with Gasteiger partial charge in [0.15, 0.2) is 5.65 Å². The van der Waals surface area contributed by atoms with Gasteiger partial charge in [-0.2, -0.15) is 5.10 Å². The molecule has 3 N–H and O–H groups in total. The van der Waals surface area contributed by atoms with Crippen LogP contribution in [0.2, 0.25) is 0 Å². The number of anilines is 1. The normalized spacial score (nSPS) is 21.0. The van der Waals surface area contributed by atoms with Gasteiger partial charge in [0, 0.05) is 35.0 Å². The van der Waals surface area contributed by atoms with Gasteiger partial charge in [-0.05, 0) is 37.7 Å². The number of piperidine rings is 1. The van der Waals surface area contributed by atoms with E-state index in [2.05, 4.69) is 14.9 Å². The van der Waals surface area contributed by atoms with Gasteiger partial charge in [0.2, 0.25) is 11.6 Å². The molecule has 2 atom stereocenters. The lowest BCUT2D eigenvalue weighted by molar-refractivity contribution is -0.138. The van der Waals surface area contributed by atoms with Crippen molar-refractivity contribution in [2.45, 2.75) is 43.7 Å². The number of aliphatic hydroxyl groups excluding tert-OH is 1. The smallest absolute Gasteiger partial charge is 0.249 e. The van der Waals surface area contributed by atoms with E-state index in [1.165, 1.54) is 4.52 Å². The molecule has 3 aromatic heterocycles. The molecule has 2 aliphatic heterocycles. The average Bonchev–Trinajstić information content (AvgIpc) is 3.47. The molecule has 9 heteroatoms. The van der Waals surface area contributed by atoms with Crippen molar-refractivity contribution in [1.82, 2.24) is 24.5 Å². The van der Waals surface area contributed by atoms with Gasteiger partial charge in [0.1, 0.15) is 12.4 Å². The van der Waals surface area contributed by atoms with Crippen LogP contribution in [-0.2, 0) is 4.79 Å². The van der Waals surface area contributed by atoms with Gasteiger partial charge in [-0.1, -0.05) is 36.4 Å². The Hall–Kier alpha value is -4.29. The van der Waals surface area contributed by atoms with E-state index in [9.17, 15) is 9.90 Å². The maximum absolute atomic E-state index is 12.3. The zero-order valence-electron chi connectivity index (χ0n) is 19.6. The molecule has 4 aromatic rings. The highest BCUT2D eigenvalue weighted by Gasteiger charge is 2.44. The maximum Gasteiger partial charge on any atom is 0.249 e. The van der Waals surface area contributed by atoms with Crippen LogP contribution < -0.4 is 5.73 Å². The standard InChI is InChI=1S/C27H25N7O2/c1-29-25-24(18-11-19-8-9-20(12-18)33(19)23(36)15-35)32-27-21(14-31-34(27)26(25)28)17-7-10-22(30-13-17)16-5-3-2-4-6-16/h2-7,10,13-14,18-20,35H,8-9,11-12,15,28H2. The first-order valence-corrected chi connectivity index (χ1v) is 12.1. The highest BCUT2D eigenvalue weighted by Crippen LogP contribution is 2.46. The number of pyridine rings is 1. The van der Waals surface area contributed by atoms with Gasteiger partial charge in [-0.25, -0.2) is 14.3 Å². The predicted molar refractivity (Wildman–Crippen MR) is 135 cm³/mol. The summed E-state index contributed by atoms with van der Waals surface area (Å²) >= 11 is 0. The molecule has 0 spiro atoms. The molecule has 1 aromatic carbocycles. The summed E-state index contributed by atoms with van der Waals surface area (Å²) in [6, 6.07) is 14.0. The fourth-order valence-electron chi connectivity index (χ4n) is 5.85. The van der Waals surface area contributed by atoms with Crippen LogP contribution in [0.5, 0.6) is 0 Å². The van der Waals surface area contributed by atoms with Gasteiger partial charge >= 0.3 is 0 Å². The zero-order chi connectivity index (χ0) is 24.8. The molecule has 180 valence electrons. The number of amides is 1. The van der Waals surface area contributed by atoms with Crippen LogP contribution in [0.15, 0.2) is 54.9 Å². The molecule has 2 unspecified atom stereocenters. The summed E-state index contributed by atoms with van der Waals surface area (Å²) in [6.07, 6.45) is 6.71. The van der Waals surface area contributed by atoms with Crippen molar-refractivity contribution >= 4 is 23.1 Å². The molecule has 2 fully saturated rings. The monoisotopic (exact) mass is 479 g/mol. The second-order valence-corrected chi connectivity index (χ2v) is 9.45. The Kier molecular flexibility index (Phi) is 5.38. The highest BCUT2D eigenvalue weighted by atomic mass is 16.3. The SMILES string of the molecule is [C-]#[N+]c1c(C2CC3CCC(C2)N3C(=O)CO)nc2c(-c3ccc(-c4ccccc4)nc3)cnn2c1N. The number of nitrogen functional groups attached to an aromatic ring is 1. The third-order valence-electron chi connectivity index (χ3n) is 7.48. The number of nitrogens with two attached hydrogens (primary N) is 1. The first kappa shape index (κ1) is 22.2. The van der Waals surface area contributed by atoms with Crippen LogP contribution in [-0.4, -0.2) is 54.2 Å². The largest absolute Gasteiger partial charge is 0.392 e. The number of hydrogen-bond donors (Lipinski definition) is 2. The number of aliphatic hydroxyl groups is 1. The number of nitrogens with zero attached hydrogens (tertiary/aromatic N) is 6. The Morgan fingerprint density at radius 2 is 1.83 bits per heavy atom. The average molecular weight is 480 g/mol. The quantitative estimate of drug-likeness (QED) is 0.430. The van der Waals surface area contributed by atoms with E-state index < -0.39 is 6.61 Å². The number of aromatic nitrogens is 4. The topological polar surface area (TPSA) is 114 Å². The van der Waals surface area contributed by atoms with Crippen LogP contribution in [0.4, 0.5) is 11.5 Å². The number of benzene rings is 1. The highest BCUT2D eigenvalue weighted by molar-refractivity contribution is 5.82. The molecule has 2 aliphatic rings. The molecule has 6 rings (SSSR count). The van der Waals surface area contributed by atoms with E-state index in [1.807, 2.05) is 47.4 Å². The fraction of sp³-hybridized carbons (Fsp3) is 0.296. The minimum absolute atomic E-state index is 0.00275. The Balaban J connectivity index is 1.39. The molecule has 36 heavy (non-hydrogen) atoms. The van der Waals surface area contributed by atoms with E-state index >= 15 is 0 Å². The lowest BCUT2D eigenvalue weighted by Crippen LogP contribution is -2.47. The molecule has 0 aliphatic carbocycles. The van der Waals surface area contributed by atoms with E-state index in [1.54, 1.807) is 12.4 Å². The van der Waals surface area contributed by atoms with Crippen molar-refractivity contribution in [3.63, 3.8) is 0 Å². The van der Waals surface area contributed by atoms with Crippen LogP contribution in [0.1, 0.15) is 37.3 Å². The van der Waals surface area contributed by atoms with E-state index in [0.29, 0.717) is 29.9 Å². The van der Waals surface area contributed by atoms with Crippen LogP contribution in [0.3, 0.4) is 0 Å². The lowest BCUT2D eigenvalue weighted by Gasteiger charge is -2.39. The second-order valence-electron chi connectivity index (χ2n) is 9.45. The Labute approximate surface area is 208 Å². The summed E-state index contributed by atoms with van der Waals surface area (Å²) in [4.78, 5) is 27.4. The molecule has 0 saturated carbocycles. The van der Waals surface area contributed by atoms with Gasteiger partial charge < -0.3 is 15.7 Å². The van der Waals surface area contributed by atoms with Gasteiger partial charge in [0.25, 0.3) is 0 Å². The Morgan fingerprint density at radius 1 is 1.08 bits per heavy atom. The molecule has 9 nitrogen and oxygen atoms in total. The first-order valence-electron chi connectivity index (χ1n) is 12.1. The second kappa shape index (κ2) is 8.73.